The van der Waals surface area contributed by atoms with Crippen molar-refractivity contribution >= 4 is 15.9 Å². The molecule has 8 heteroatoms. The van der Waals surface area contributed by atoms with Crippen LogP contribution in [0.5, 0.6) is 5.75 Å². The van der Waals surface area contributed by atoms with Gasteiger partial charge in [0.15, 0.2) is 0 Å². The maximum absolute atomic E-state index is 13.2. The van der Waals surface area contributed by atoms with E-state index in [0.29, 0.717) is 23.5 Å². The summed E-state index contributed by atoms with van der Waals surface area (Å²) < 4.78 is 46.2. The maximum atomic E-state index is 13.2. The SMILES string of the molecule is CCOc1ccc(C(=O)N[C@@H](C)c2ccc(F)cc2)cc1CN(C)S(=O)(=O)c1ccc(C)cc1. The zero-order chi connectivity index (χ0) is 24.9. The number of aryl methyl sites for hydroxylation is 1. The van der Waals surface area contributed by atoms with Crippen LogP contribution in [0.15, 0.2) is 71.6 Å². The second kappa shape index (κ2) is 10.8. The third-order valence-electron chi connectivity index (χ3n) is 5.46. The summed E-state index contributed by atoms with van der Waals surface area (Å²) in [4.78, 5) is 13.1. The van der Waals surface area contributed by atoms with Crippen LogP contribution in [0.1, 0.15) is 46.9 Å². The Morgan fingerprint density at radius 3 is 2.32 bits per heavy atom. The topological polar surface area (TPSA) is 75.7 Å². The van der Waals surface area contributed by atoms with Gasteiger partial charge in [0, 0.05) is 24.7 Å². The largest absolute Gasteiger partial charge is 0.494 e. The number of hydrogen-bond acceptors (Lipinski definition) is 4. The zero-order valence-corrected chi connectivity index (χ0v) is 20.5. The molecule has 1 N–H and O–H groups in total. The Balaban J connectivity index is 1.83. The van der Waals surface area contributed by atoms with Crippen LogP contribution in [-0.4, -0.2) is 32.3 Å². The summed E-state index contributed by atoms with van der Waals surface area (Å²) in [5.41, 5.74) is 2.68. The monoisotopic (exact) mass is 484 g/mol. The van der Waals surface area contributed by atoms with E-state index >= 15 is 0 Å². The molecule has 3 aromatic rings. The molecule has 0 unspecified atom stereocenters. The van der Waals surface area contributed by atoms with Crippen LogP contribution in [0.25, 0.3) is 0 Å². The van der Waals surface area contributed by atoms with Crippen LogP contribution in [0.2, 0.25) is 0 Å². The van der Waals surface area contributed by atoms with Gasteiger partial charge in [-0.15, -0.1) is 0 Å². The van der Waals surface area contributed by atoms with Crippen LogP contribution >= 0.6 is 0 Å². The lowest BCUT2D eigenvalue weighted by atomic mass is 10.1. The number of nitrogens with zero attached hydrogens (tertiary/aromatic N) is 1. The third-order valence-corrected chi connectivity index (χ3v) is 7.28. The first-order valence-electron chi connectivity index (χ1n) is 11.0. The molecule has 0 aliphatic rings. The van der Waals surface area contributed by atoms with Gasteiger partial charge in [-0.2, -0.15) is 4.31 Å². The van der Waals surface area contributed by atoms with Gasteiger partial charge in [-0.05, 0) is 68.8 Å². The number of halogens is 1. The molecule has 0 saturated heterocycles. The summed E-state index contributed by atoms with van der Waals surface area (Å²) in [5.74, 6) is -0.162. The Hall–Kier alpha value is -3.23. The molecule has 6 nitrogen and oxygen atoms in total. The number of carbonyl (C=O) groups is 1. The van der Waals surface area contributed by atoms with E-state index in [1.807, 2.05) is 20.8 Å². The number of ether oxygens (including phenoxy) is 1. The van der Waals surface area contributed by atoms with Crippen LogP contribution in [-0.2, 0) is 16.6 Å². The predicted octanol–water partition coefficient (Wildman–Crippen LogP) is 4.84. The summed E-state index contributed by atoms with van der Waals surface area (Å²) in [6.45, 7) is 5.96. The van der Waals surface area contributed by atoms with Crippen molar-refractivity contribution in [2.24, 2.45) is 0 Å². The fraction of sp³-hybridized carbons (Fsp3) is 0.269. The van der Waals surface area contributed by atoms with Crippen LogP contribution in [0, 0.1) is 12.7 Å². The Morgan fingerprint density at radius 1 is 1.06 bits per heavy atom. The lowest BCUT2D eigenvalue weighted by Crippen LogP contribution is -2.28. The van der Waals surface area contributed by atoms with Gasteiger partial charge in [0.25, 0.3) is 5.91 Å². The molecule has 180 valence electrons. The van der Waals surface area contributed by atoms with Crippen molar-refractivity contribution in [3.05, 3.63) is 94.8 Å². The Kier molecular flexibility index (Phi) is 8.06. The Bertz CT molecular complexity index is 1240. The van der Waals surface area contributed by atoms with Crippen LogP contribution < -0.4 is 10.1 Å². The van der Waals surface area contributed by atoms with E-state index in [1.54, 1.807) is 54.6 Å². The molecule has 3 aromatic carbocycles. The minimum atomic E-state index is -3.73. The molecule has 0 aliphatic carbocycles. The van der Waals surface area contributed by atoms with Gasteiger partial charge in [0.2, 0.25) is 10.0 Å². The lowest BCUT2D eigenvalue weighted by Gasteiger charge is -2.20. The summed E-state index contributed by atoms with van der Waals surface area (Å²) >= 11 is 0. The van der Waals surface area contributed by atoms with Crippen molar-refractivity contribution in [1.29, 1.82) is 0 Å². The van der Waals surface area contributed by atoms with Crippen molar-refractivity contribution in [3.63, 3.8) is 0 Å². The number of hydrogen-bond donors (Lipinski definition) is 1. The first-order valence-corrected chi connectivity index (χ1v) is 12.4. The average Bonchev–Trinajstić information content (AvgIpc) is 2.80. The fourth-order valence-electron chi connectivity index (χ4n) is 3.47. The van der Waals surface area contributed by atoms with Crippen molar-refractivity contribution in [2.45, 2.75) is 38.3 Å². The van der Waals surface area contributed by atoms with Crippen LogP contribution in [0.3, 0.4) is 0 Å². The Morgan fingerprint density at radius 2 is 1.71 bits per heavy atom. The number of benzene rings is 3. The van der Waals surface area contributed by atoms with E-state index in [-0.39, 0.29) is 29.2 Å². The smallest absolute Gasteiger partial charge is 0.251 e. The predicted molar refractivity (Wildman–Crippen MR) is 130 cm³/mol. The van der Waals surface area contributed by atoms with Gasteiger partial charge in [-0.1, -0.05) is 29.8 Å². The van der Waals surface area contributed by atoms with Crippen LogP contribution in [0.4, 0.5) is 4.39 Å². The third kappa shape index (κ3) is 6.01. The second-order valence-corrected chi connectivity index (χ2v) is 10.1. The van der Waals surface area contributed by atoms with Crippen molar-refractivity contribution in [3.8, 4) is 5.75 Å². The van der Waals surface area contributed by atoms with Gasteiger partial charge in [-0.3, -0.25) is 4.79 Å². The zero-order valence-electron chi connectivity index (χ0n) is 19.7. The number of sulfonamides is 1. The standard InChI is InChI=1S/C26H29FN2O4S/c1-5-33-25-15-10-21(26(30)28-19(3)20-8-11-23(27)12-9-20)16-22(25)17-29(4)34(31,32)24-13-6-18(2)7-14-24/h6-16,19H,5,17H2,1-4H3,(H,28,30)/t19-/m0/s1. The van der Waals surface area contributed by atoms with Gasteiger partial charge in [0.05, 0.1) is 17.5 Å². The number of rotatable bonds is 9. The minimum Gasteiger partial charge on any atom is -0.494 e. The van der Waals surface area contributed by atoms with E-state index in [4.69, 9.17) is 4.74 Å². The van der Waals surface area contributed by atoms with E-state index < -0.39 is 10.0 Å². The van der Waals surface area contributed by atoms with Gasteiger partial charge in [-0.25, -0.2) is 12.8 Å². The quantitative estimate of drug-likeness (QED) is 0.471. The van der Waals surface area contributed by atoms with Crippen molar-refractivity contribution in [1.82, 2.24) is 9.62 Å². The number of carbonyl (C=O) groups excluding carboxylic acids is 1. The van der Waals surface area contributed by atoms with E-state index in [9.17, 15) is 17.6 Å². The molecular formula is C26H29FN2O4S. The summed E-state index contributed by atoms with van der Waals surface area (Å²) in [6, 6.07) is 17.2. The molecule has 0 spiro atoms. The van der Waals surface area contributed by atoms with Gasteiger partial charge < -0.3 is 10.1 Å². The number of amides is 1. The first kappa shape index (κ1) is 25.4. The Labute approximate surface area is 200 Å². The maximum Gasteiger partial charge on any atom is 0.251 e. The highest BCUT2D eigenvalue weighted by atomic mass is 32.2. The summed E-state index contributed by atoms with van der Waals surface area (Å²) in [7, 11) is -2.24. The molecule has 1 atom stereocenters. The molecule has 0 fully saturated rings. The highest BCUT2D eigenvalue weighted by Gasteiger charge is 2.23. The van der Waals surface area contributed by atoms with Gasteiger partial charge in [0.1, 0.15) is 11.6 Å². The highest BCUT2D eigenvalue weighted by molar-refractivity contribution is 7.89. The van der Waals surface area contributed by atoms with Crippen molar-refractivity contribution < 1.29 is 22.3 Å². The van der Waals surface area contributed by atoms with E-state index in [1.165, 1.54) is 23.5 Å². The summed E-state index contributed by atoms with van der Waals surface area (Å²) in [5, 5.41) is 2.89. The normalized spacial score (nSPS) is 12.4. The van der Waals surface area contributed by atoms with Gasteiger partial charge >= 0.3 is 0 Å². The molecule has 0 heterocycles. The summed E-state index contributed by atoms with van der Waals surface area (Å²) in [6.07, 6.45) is 0. The number of nitrogens with one attached hydrogen (secondary N) is 1. The molecule has 3 rings (SSSR count). The molecule has 0 radical (unpaired) electrons. The highest BCUT2D eigenvalue weighted by Crippen LogP contribution is 2.25. The molecule has 34 heavy (non-hydrogen) atoms. The molecule has 0 bridgehead atoms. The molecule has 0 aliphatic heterocycles. The second-order valence-electron chi connectivity index (χ2n) is 8.08. The van der Waals surface area contributed by atoms with E-state index in [0.717, 1.165) is 11.1 Å². The van der Waals surface area contributed by atoms with Crippen molar-refractivity contribution in [2.75, 3.05) is 13.7 Å². The van der Waals surface area contributed by atoms with E-state index in [2.05, 4.69) is 5.32 Å². The minimum absolute atomic E-state index is 0.0280. The first-order chi connectivity index (χ1) is 16.1. The average molecular weight is 485 g/mol. The fourth-order valence-corrected chi connectivity index (χ4v) is 4.62. The molecule has 1 amide bonds. The molecular weight excluding hydrogens is 455 g/mol. The molecule has 0 saturated carbocycles. The lowest BCUT2D eigenvalue weighted by molar-refractivity contribution is 0.0939. The molecule has 0 aromatic heterocycles.